The molecule has 1 saturated carbocycles. The van der Waals surface area contributed by atoms with Crippen LogP contribution in [0.4, 0.5) is 0 Å². The van der Waals surface area contributed by atoms with Crippen LogP contribution in [0.5, 0.6) is 0 Å². The van der Waals surface area contributed by atoms with E-state index in [2.05, 4.69) is 4.98 Å². The maximum Gasteiger partial charge on any atom is 0.274 e. The Bertz CT molecular complexity index is 1250. The van der Waals surface area contributed by atoms with Crippen LogP contribution in [0.25, 0.3) is 0 Å². The Kier molecular flexibility index (Phi) is 6.03. The zero-order chi connectivity index (χ0) is 23.8. The maximum atomic E-state index is 13.4. The highest BCUT2D eigenvalue weighted by atomic mass is 32.1. The minimum Gasteiger partial charge on any atom is -0.334 e. The van der Waals surface area contributed by atoms with Crippen LogP contribution < -0.4 is 0 Å². The maximum absolute atomic E-state index is 13.4. The summed E-state index contributed by atoms with van der Waals surface area (Å²) in [6.45, 7) is 3.51. The Morgan fingerprint density at radius 3 is 2.62 bits per heavy atom. The fourth-order valence-electron chi connectivity index (χ4n) is 4.49. The molecular weight excluding hydrogens is 450 g/mol. The molecule has 34 heavy (non-hydrogen) atoms. The number of hydrogen-bond donors (Lipinski definition) is 0. The number of carbonyl (C=O) groups is 3. The molecule has 9 heteroatoms. The number of amides is 2. The van der Waals surface area contributed by atoms with Crippen molar-refractivity contribution < 1.29 is 14.4 Å². The van der Waals surface area contributed by atoms with Crippen molar-refractivity contribution in [2.45, 2.75) is 45.8 Å². The lowest BCUT2D eigenvalue weighted by Crippen LogP contribution is -2.38. The van der Waals surface area contributed by atoms with E-state index < -0.39 is 0 Å². The molecule has 1 fully saturated rings. The Morgan fingerprint density at radius 2 is 1.94 bits per heavy atom. The number of rotatable bonds is 7. The third-order valence-corrected chi connectivity index (χ3v) is 7.15. The van der Waals surface area contributed by atoms with Gasteiger partial charge in [-0.25, -0.2) is 4.98 Å². The lowest BCUT2D eigenvalue weighted by atomic mass is 10.00. The van der Waals surface area contributed by atoms with E-state index in [0.717, 1.165) is 23.5 Å². The van der Waals surface area contributed by atoms with Crippen molar-refractivity contribution in [3.8, 4) is 0 Å². The average molecular weight is 478 g/mol. The second-order valence-electron chi connectivity index (χ2n) is 9.12. The Morgan fingerprint density at radius 1 is 1.18 bits per heavy atom. The van der Waals surface area contributed by atoms with Gasteiger partial charge in [-0.2, -0.15) is 5.10 Å². The molecule has 0 bridgehead atoms. The topological polar surface area (TPSA) is 88.4 Å². The first-order chi connectivity index (χ1) is 16.4. The molecule has 0 atom stereocenters. The van der Waals surface area contributed by atoms with Crippen molar-refractivity contribution in [1.29, 1.82) is 0 Å². The number of benzene rings is 1. The highest BCUT2D eigenvalue weighted by Gasteiger charge is 2.34. The van der Waals surface area contributed by atoms with Crippen LogP contribution >= 0.6 is 11.3 Å². The number of ketones is 1. The first-order valence-electron chi connectivity index (χ1n) is 11.5. The molecule has 8 nitrogen and oxygen atoms in total. The van der Waals surface area contributed by atoms with Gasteiger partial charge in [0.05, 0.1) is 29.9 Å². The summed E-state index contributed by atoms with van der Waals surface area (Å²) >= 11 is 1.50. The van der Waals surface area contributed by atoms with Crippen LogP contribution in [0.15, 0.2) is 35.2 Å². The molecule has 0 unspecified atom stereocenters. The molecule has 2 aromatic heterocycles. The van der Waals surface area contributed by atoms with Crippen LogP contribution in [0.1, 0.15) is 67.9 Å². The normalized spacial score (nSPS) is 15.2. The highest BCUT2D eigenvalue weighted by Crippen LogP contribution is 2.33. The van der Waals surface area contributed by atoms with Crippen molar-refractivity contribution >= 4 is 28.9 Å². The van der Waals surface area contributed by atoms with Gasteiger partial charge >= 0.3 is 0 Å². The van der Waals surface area contributed by atoms with Gasteiger partial charge in [0.2, 0.25) is 0 Å². The summed E-state index contributed by atoms with van der Waals surface area (Å²) in [4.78, 5) is 46.5. The van der Waals surface area contributed by atoms with E-state index in [1.54, 1.807) is 46.6 Å². The summed E-state index contributed by atoms with van der Waals surface area (Å²) in [6.07, 6.45) is 3.01. The van der Waals surface area contributed by atoms with Gasteiger partial charge in [-0.05, 0) is 31.7 Å². The van der Waals surface area contributed by atoms with Crippen LogP contribution in [0.3, 0.4) is 0 Å². The molecule has 0 spiro atoms. The van der Waals surface area contributed by atoms with Gasteiger partial charge in [0.15, 0.2) is 11.5 Å². The lowest BCUT2D eigenvalue weighted by molar-refractivity contribution is 0.0718. The van der Waals surface area contributed by atoms with Gasteiger partial charge < -0.3 is 9.80 Å². The lowest BCUT2D eigenvalue weighted by Gasteiger charge is -2.29. The van der Waals surface area contributed by atoms with Crippen LogP contribution in [0, 0.1) is 5.92 Å². The van der Waals surface area contributed by atoms with Gasteiger partial charge in [0, 0.05) is 48.8 Å². The zero-order valence-electron chi connectivity index (χ0n) is 19.4. The Balaban J connectivity index is 1.44. The molecule has 0 N–H and O–H groups in total. The summed E-state index contributed by atoms with van der Waals surface area (Å²) in [5.41, 5.74) is 5.68. The number of thiazole rings is 1. The predicted molar refractivity (Wildman–Crippen MR) is 128 cm³/mol. The van der Waals surface area contributed by atoms with Crippen LogP contribution in [-0.2, 0) is 26.1 Å². The van der Waals surface area contributed by atoms with Gasteiger partial charge in [0.1, 0.15) is 0 Å². The van der Waals surface area contributed by atoms with E-state index >= 15 is 0 Å². The molecule has 3 aromatic rings. The van der Waals surface area contributed by atoms with E-state index in [1.165, 1.54) is 31.1 Å². The molecule has 1 aliphatic heterocycles. The van der Waals surface area contributed by atoms with Gasteiger partial charge in [-0.15, -0.1) is 11.3 Å². The number of hydrogen-bond acceptors (Lipinski definition) is 6. The number of nitrogens with zero attached hydrogens (tertiary/aromatic N) is 5. The highest BCUT2D eigenvalue weighted by molar-refractivity contribution is 7.07. The molecule has 1 aromatic carbocycles. The average Bonchev–Trinajstić information content (AvgIpc) is 3.38. The van der Waals surface area contributed by atoms with Gasteiger partial charge in [-0.3, -0.25) is 19.1 Å². The smallest absolute Gasteiger partial charge is 0.274 e. The van der Waals surface area contributed by atoms with Gasteiger partial charge in [0.25, 0.3) is 11.8 Å². The standard InChI is InChI=1S/C25H27N5O3S/c1-16(31)19-5-3-4-6-20(19)24(32)29-10-9-22-21(13-29)23(27-30(22)11-17-7-8-17)25(33)28(2)12-18-14-34-15-26-18/h3-6,14-15,17H,7-13H2,1-2H3. The van der Waals surface area contributed by atoms with Crippen LogP contribution in [-0.4, -0.2) is 55.8 Å². The SMILES string of the molecule is CC(=O)c1ccccc1C(=O)N1CCc2c(c(C(=O)N(C)Cc3cscn3)nn2CC2CC2)C1. The number of Topliss-reactive ketones (excluding diaryl/α,β-unsaturated/α-hetero) is 1. The van der Waals surface area contributed by atoms with Crippen LogP contribution in [0.2, 0.25) is 0 Å². The predicted octanol–water partition coefficient (Wildman–Crippen LogP) is 3.42. The largest absolute Gasteiger partial charge is 0.334 e. The third-order valence-electron chi connectivity index (χ3n) is 6.52. The molecule has 0 radical (unpaired) electrons. The number of carbonyl (C=O) groups excluding carboxylic acids is 3. The molecule has 5 rings (SSSR count). The summed E-state index contributed by atoms with van der Waals surface area (Å²) in [7, 11) is 1.75. The van der Waals surface area contributed by atoms with E-state index in [9.17, 15) is 14.4 Å². The Hall–Kier alpha value is -3.33. The monoisotopic (exact) mass is 477 g/mol. The minimum absolute atomic E-state index is 0.140. The fourth-order valence-corrected chi connectivity index (χ4v) is 5.04. The molecule has 3 heterocycles. The fraction of sp³-hybridized carbons (Fsp3) is 0.400. The summed E-state index contributed by atoms with van der Waals surface area (Å²) in [5.74, 6) is 0.109. The Labute approximate surface area is 202 Å². The van der Waals surface area contributed by atoms with Crippen molar-refractivity contribution in [2.75, 3.05) is 13.6 Å². The minimum atomic E-state index is -0.194. The van der Waals surface area contributed by atoms with Crippen molar-refractivity contribution in [1.82, 2.24) is 24.6 Å². The number of aromatic nitrogens is 3. The molecule has 176 valence electrons. The second-order valence-corrected chi connectivity index (χ2v) is 9.84. The summed E-state index contributed by atoms with van der Waals surface area (Å²) < 4.78 is 1.99. The van der Waals surface area contributed by atoms with Crippen molar-refractivity contribution in [2.24, 2.45) is 5.92 Å². The first-order valence-corrected chi connectivity index (χ1v) is 12.5. The first kappa shape index (κ1) is 22.5. The van der Waals surface area contributed by atoms with Crippen molar-refractivity contribution in [3.05, 3.63) is 68.9 Å². The summed E-state index contributed by atoms with van der Waals surface area (Å²) in [6, 6.07) is 6.91. The molecule has 1 aliphatic carbocycles. The zero-order valence-corrected chi connectivity index (χ0v) is 20.2. The van der Waals surface area contributed by atoms with E-state index in [-0.39, 0.29) is 17.6 Å². The molecule has 2 amide bonds. The van der Waals surface area contributed by atoms with E-state index in [4.69, 9.17) is 5.10 Å². The quantitative estimate of drug-likeness (QED) is 0.487. The van der Waals surface area contributed by atoms with E-state index in [0.29, 0.717) is 48.8 Å². The third kappa shape index (κ3) is 4.40. The second kappa shape index (κ2) is 9.13. The molecule has 0 saturated heterocycles. The van der Waals surface area contributed by atoms with Gasteiger partial charge in [-0.1, -0.05) is 18.2 Å². The van der Waals surface area contributed by atoms with Crippen molar-refractivity contribution in [3.63, 3.8) is 0 Å². The number of fused-ring (bicyclic) bond motifs is 1. The molecule has 2 aliphatic rings. The summed E-state index contributed by atoms with van der Waals surface area (Å²) in [5, 5.41) is 6.68. The van der Waals surface area contributed by atoms with E-state index in [1.807, 2.05) is 10.1 Å². The molecular formula is C25H27N5O3S.